The van der Waals surface area contributed by atoms with Gasteiger partial charge in [-0.25, -0.2) is 0 Å². The summed E-state index contributed by atoms with van der Waals surface area (Å²) < 4.78 is 5.20. The maximum absolute atomic E-state index is 13.0. The Morgan fingerprint density at radius 1 is 1.18 bits per heavy atom. The lowest BCUT2D eigenvalue weighted by Gasteiger charge is -2.24. The van der Waals surface area contributed by atoms with E-state index in [0.717, 1.165) is 48.4 Å². The molecule has 2 aromatic carbocycles. The molecule has 0 aliphatic carbocycles. The van der Waals surface area contributed by atoms with E-state index in [1.165, 1.54) is 0 Å². The Balaban J connectivity index is 1.63. The minimum atomic E-state index is -0.259. The van der Waals surface area contributed by atoms with Crippen molar-refractivity contribution in [3.05, 3.63) is 59.7 Å². The van der Waals surface area contributed by atoms with Crippen molar-refractivity contribution in [1.29, 1.82) is 0 Å². The summed E-state index contributed by atoms with van der Waals surface area (Å²) in [4.78, 5) is 27.5. The zero-order valence-electron chi connectivity index (χ0n) is 16.6. The van der Waals surface area contributed by atoms with Gasteiger partial charge in [0, 0.05) is 31.1 Å². The van der Waals surface area contributed by atoms with E-state index in [4.69, 9.17) is 4.74 Å². The van der Waals surface area contributed by atoms with Crippen LogP contribution in [0.25, 0.3) is 0 Å². The van der Waals surface area contributed by atoms with E-state index in [-0.39, 0.29) is 24.2 Å². The lowest BCUT2D eigenvalue weighted by molar-refractivity contribution is -0.137. The Labute approximate surface area is 166 Å². The number of nitrogens with zero attached hydrogens (tertiary/aromatic N) is 1. The number of rotatable bonds is 6. The number of hydrogen-bond donors (Lipinski definition) is 1. The zero-order valence-corrected chi connectivity index (χ0v) is 16.6. The molecule has 5 nitrogen and oxygen atoms in total. The molecule has 3 rings (SSSR count). The molecule has 1 heterocycles. The van der Waals surface area contributed by atoms with E-state index in [1.54, 1.807) is 7.11 Å². The average Bonchev–Trinajstić information content (AvgIpc) is 2.86. The van der Waals surface area contributed by atoms with Crippen molar-refractivity contribution in [2.75, 3.05) is 19.0 Å². The number of nitrogens with one attached hydrogen (secondary N) is 1. The molecule has 1 N–H and O–H groups in total. The fraction of sp³-hybridized carbons (Fsp3) is 0.391. The summed E-state index contributed by atoms with van der Waals surface area (Å²) in [6.07, 6.45) is 2.93. The Hall–Kier alpha value is -2.82. The Kier molecular flexibility index (Phi) is 6.69. The van der Waals surface area contributed by atoms with Crippen LogP contribution in [0, 0.1) is 12.8 Å². The van der Waals surface area contributed by atoms with Crippen LogP contribution in [-0.2, 0) is 16.1 Å². The highest BCUT2D eigenvalue weighted by Gasteiger charge is 2.29. The second kappa shape index (κ2) is 9.40. The van der Waals surface area contributed by atoms with Crippen LogP contribution in [0.3, 0.4) is 0 Å². The summed E-state index contributed by atoms with van der Waals surface area (Å²) in [5, 5.41) is 2.95. The van der Waals surface area contributed by atoms with Gasteiger partial charge in [-0.2, -0.15) is 0 Å². The van der Waals surface area contributed by atoms with Crippen LogP contribution in [-0.4, -0.2) is 30.4 Å². The lowest BCUT2D eigenvalue weighted by Crippen LogP contribution is -2.36. The van der Waals surface area contributed by atoms with Crippen molar-refractivity contribution in [2.45, 2.75) is 39.2 Å². The molecule has 1 aliphatic rings. The fourth-order valence-corrected chi connectivity index (χ4v) is 3.66. The molecule has 1 atom stereocenters. The number of benzene rings is 2. The van der Waals surface area contributed by atoms with Gasteiger partial charge in [0.15, 0.2) is 0 Å². The number of ether oxygens (including phenoxy) is 1. The Morgan fingerprint density at radius 3 is 2.68 bits per heavy atom. The molecule has 2 aromatic rings. The topological polar surface area (TPSA) is 58.6 Å². The van der Waals surface area contributed by atoms with Gasteiger partial charge in [-0.15, -0.1) is 0 Å². The number of aryl methyl sites for hydroxylation is 1. The smallest absolute Gasteiger partial charge is 0.226 e. The standard InChI is InChI=1S/C23H28N2O3/c1-17-14-20(28-2)11-12-21(17)24-22(26)15-19-10-6-7-13-25(23(19)27)16-18-8-4-3-5-9-18/h3-5,8-9,11-12,14,19H,6-7,10,13,15-16H2,1-2H3,(H,24,26)/t19-/m1/s1. The second-order valence-electron chi connectivity index (χ2n) is 7.37. The van der Waals surface area contributed by atoms with Crippen LogP contribution in [0.15, 0.2) is 48.5 Å². The predicted molar refractivity (Wildman–Crippen MR) is 110 cm³/mol. The summed E-state index contributed by atoms with van der Waals surface area (Å²) in [7, 11) is 1.62. The fourth-order valence-electron chi connectivity index (χ4n) is 3.66. The molecule has 1 fully saturated rings. The molecule has 0 saturated carbocycles. The Morgan fingerprint density at radius 2 is 1.96 bits per heavy atom. The molecular formula is C23H28N2O3. The minimum absolute atomic E-state index is 0.0861. The van der Waals surface area contributed by atoms with E-state index in [2.05, 4.69) is 5.32 Å². The molecule has 148 valence electrons. The maximum atomic E-state index is 13.0. The van der Waals surface area contributed by atoms with Crippen LogP contribution in [0.1, 0.15) is 36.8 Å². The summed E-state index contributed by atoms with van der Waals surface area (Å²) in [5.74, 6) is 0.465. The number of carbonyl (C=O) groups excluding carboxylic acids is 2. The van der Waals surface area contributed by atoms with Gasteiger partial charge in [-0.1, -0.05) is 36.8 Å². The van der Waals surface area contributed by atoms with Gasteiger partial charge in [0.1, 0.15) is 5.75 Å². The van der Waals surface area contributed by atoms with Gasteiger partial charge >= 0.3 is 0 Å². The van der Waals surface area contributed by atoms with Crippen molar-refractivity contribution in [1.82, 2.24) is 4.90 Å². The molecule has 0 unspecified atom stereocenters. The number of methoxy groups -OCH3 is 1. The molecule has 0 radical (unpaired) electrons. The van der Waals surface area contributed by atoms with Crippen LogP contribution in [0.2, 0.25) is 0 Å². The van der Waals surface area contributed by atoms with Gasteiger partial charge in [-0.3, -0.25) is 9.59 Å². The van der Waals surface area contributed by atoms with Crippen molar-refractivity contribution in [2.24, 2.45) is 5.92 Å². The van der Waals surface area contributed by atoms with Crippen molar-refractivity contribution < 1.29 is 14.3 Å². The monoisotopic (exact) mass is 380 g/mol. The zero-order chi connectivity index (χ0) is 19.9. The number of hydrogen-bond acceptors (Lipinski definition) is 3. The first-order valence-corrected chi connectivity index (χ1v) is 9.84. The Bertz CT molecular complexity index is 820. The maximum Gasteiger partial charge on any atom is 0.226 e. The van der Waals surface area contributed by atoms with Crippen LogP contribution in [0.4, 0.5) is 5.69 Å². The third-order valence-electron chi connectivity index (χ3n) is 5.25. The molecule has 0 bridgehead atoms. The van der Waals surface area contributed by atoms with E-state index in [9.17, 15) is 9.59 Å². The second-order valence-corrected chi connectivity index (χ2v) is 7.37. The van der Waals surface area contributed by atoms with E-state index in [0.29, 0.717) is 6.54 Å². The predicted octanol–water partition coefficient (Wildman–Crippen LogP) is 4.16. The molecule has 28 heavy (non-hydrogen) atoms. The number of anilines is 1. The highest BCUT2D eigenvalue weighted by atomic mass is 16.5. The third-order valence-corrected chi connectivity index (χ3v) is 5.25. The molecule has 0 aromatic heterocycles. The highest BCUT2D eigenvalue weighted by Crippen LogP contribution is 2.25. The average molecular weight is 380 g/mol. The quantitative estimate of drug-likeness (QED) is 0.819. The van der Waals surface area contributed by atoms with E-state index >= 15 is 0 Å². The van der Waals surface area contributed by atoms with Crippen LogP contribution in [0.5, 0.6) is 5.75 Å². The number of amides is 2. The summed E-state index contributed by atoms with van der Waals surface area (Å²) in [5.41, 5.74) is 2.81. The van der Waals surface area contributed by atoms with Gasteiger partial charge in [0.05, 0.1) is 7.11 Å². The molecular weight excluding hydrogens is 352 g/mol. The summed E-state index contributed by atoms with van der Waals surface area (Å²) in [6, 6.07) is 15.6. The third kappa shape index (κ3) is 5.12. The SMILES string of the molecule is COc1ccc(NC(=O)C[C@H]2CCCCN(Cc3ccccc3)C2=O)c(C)c1. The normalized spacial score (nSPS) is 17.1. The van der Waals surface area contributed by atoms with Gasteiger partial charge in [0.25, 0.3) is 0 Å². The molecule has 5 heteroatoms. The molecule has 1 aliphatic heterocycles. The first kappa shape index (κ1) is 19.9. The van der Waals surface area contributed by atoms with Crippen molar-refractivity contribution >= 4 is 17.5 Å². The van der Waals surface area contributed by atoms with Crippen molar-refractivity contribution in [3.63, 3.8) is 0 Å². The first-order valence-electron chi connectivity index (χ1n) is 9.84. The van der Waals surface area contributed by atoms with Gasteiger partial charge in [0.2, 0.25) is 11.8 Å². The van der Waals surface area contributed by atoms with Gasteiger partial charge < -0.3 is 15.0 Å². The summed E-state index contributed by atoms with van der Waals surface area (Å²) >= 11 is 0. The largest absolute Gasteiger partial charge is 0.497 e. The number of likely N-dealkylation sites (tertiary alicyclic amines) is 1. The van der Waals surface area contributed by atoms with E-state index in [1.807, 2.05) is 60.4 Å². The van der Waals surface area contributed by atoms with Crippen molar-refractivity contribution in [3.8, 4) is 5.75 Å². The number of carbonyl (C=O) groups is 2. The molecule has 1 saturated heterocycles. The molecule has 0 spiro atoms. The van der Waals surface area contributed by atoms with Crippen LogP contribution < -0.4 is 10.1 Å². The van der Waals surface area contributed by atoms with E-state index < -0.39 is 0 Å². The highest BCUT2D eigenvalue weighted by molar-refractivity contribution is 5.94. The van der Waals surface area contributed by atoms with Gasteiger partial charge in [-0.05, 0) is 49.1 Å². The first-order chi connectivity index (χ1) is 13.6. The minimum Gasteiger partial charge on any atom is -0.497 e. The molecule has 2 amide bonds. The summed E-state index contributed by atoms with van der Waals surface area (Å²) in [6.45, 7) is 3.29. The lowest BCUT2D eigenvalue weighted by atomic mass is 9.98. The van der Waals surface area contributed by atoms with Crippen LogP contribution >= 0.6 is 0 Å².